The number of nitrogens with two attached hydrogens (primary N) is 1. The minimum Gasteiger partial charge on any atom is -0.497 e. The van der Waals surface area contributed by atoms with E-state index in [-0.39, 0.29) is 0 Å². The predicted octanol–water partition coefficient (Wildman–Crippen LogP) is 7.64. The van der Waals surface area contributed by atoms with Crippen LogP contribution in [0.2, 0.25) is 0 Å². The number of aliphatic imine (C=N–C) groups is 1. The molecule has 5 heteroatoms. The molecule has 1 aromatic heterocycles. The summed E-state index contributed by atoms with van der Waals surface area (Å²) in [5.74, 6) is 1.32. The molecule has 0 radical (unpaired) electrons. The number of ether oxygens (including phenoxy) is 1. The van der Waals surface area contributed by atoms with Gasteiger partial charge in [0.05, 0.1) is 13.4 Å². The van der Waals surface area contributed by atoms with Crippen LogP contribution in [0.25, 0.3) is 10.9 Å². The van der Waals surface area contributed by atoms with E-state index in [2.05, 4.69) is 68.3 Å². The van der Waals surface area contributed by atoms with Gasteiger partial charge in [-0.25, -0.2) is 4.99 Å². The number of methoxy groups -OCH3 is 1. The van der Waals surface area contributed by atoms with Crippen molar-refractivity contribution in [3.05, 3.63) is 106 Å². The molecular formula is C32H46N4O. The second kappa shape index (κ2) is 15.4. The minimum atomic E-state index is 0.603. The quantitative estimate of drug-likeness (QED) is 0.128. The van der Waals surface area contributed by atoms with Gasteiger partial charge in [-0.3, -0.25) is 0 Å². The Morgan fingerprint density at radius 1 is 1.11 bits per heavy atom. The number of hydrogen-bond acceptors (Lipinski definition) is 3. The van der Waals surface area contributed by atoms with E-state index in [1.165, 1.54) is 39.6 Å². The summed E-state index contributed by atoms with van der Waals surface area (Å²) < 4.78 is 5.12. The third-order valence-electron chi connectivity index (χ3n) is 6.26. The van der Waals surface area contributed by atoms with Gasteiger partial charge in [0.25, 0.3) is 0 Å². The Kier molecular flexibility index (Phi) is 13.0. The van der Waals surface area contributed by atoms with E-state index in [1.54, 1.807) is 7.11 Å². The van der Waals surface area contributed by atoms with E-state index in [1.807, 2.05) is 52.0 Å². The van der Waals surface area contributed by atoms with Crippen molar-refractivity contribution in [1.29, 1.82) is 0 Å². The van der Waals surface area contributed by atoms with Crippen LogP contribution in [0, 0.1) is 20.8 Å². The lowest BCUT2D eigenvalue weighted by atomic mass is 10.0. The first-order valence-corrected chi connectivity index (χ1v) is 12.9. The maximum absolute atomic E-state index is 5.67. The average molecular weight is 503 g/mol. The van der Waals surface area contributed by atoms with Crippen molar-refractivity contribution in [2.75, 3.05) is 13.7 Å². The molecule has 0 saturated carbocycles. The number of hydrogen-bond donors (Lipinski definition) is 3. The van der Waals surface area contributed by atoms with Crippen molar-refractivity contribution in [3.63, 3.8) is 0 Å². The molecule has 0 aliphatic heterocycles. The fraction of sp³-hybridized carbons (Fsp3) is 0.344. The standard InChI is InChI=1S/C30H40N4O.C2H6/c1-10-26(14-13-23(6)35-9)22(5)17-21(4)24(7)30(33-18-31)32-16-15-27-25(8)34-29-20(3)12-11-19(2)28(27)29;1-2/h10-14,17-18,32,34H,4,6,15-16H2,1-3,5,7-9H3,(H2,31,33);1-2H3/b14-13-,22-17+,26-10+,30-24-;. The molecule has 200 valence electrons. The number of H-pyrrole nitrogens is 1. The number of rotatable bonds is 11. The SMILES string of the molecule is C=C(\C=C/C(=C\C)C(/C)=C/C(=C)/C(C)=C(\N=C/N)NCCc1c(C)[nH]c2c(C)ccc(C)c12)OC.CC. The largest absolute Gasteiger partial charge is 0.497 e. The van der Waals surface area contributed by atoms with Crippen LogP contribution >= 0.6 is 0 Å². The number of aryl methyl sites for hydroxylation is 3. The summed E-state index contributed by atoms with van der Waals surface area (Å²) in [7, 11) is 1.61. The van der Waals surface area contributed by atoms with E-state index < -0.39 is 0 Å². The Morgan fingerprint density at radius 3 is 2.35 bits per heavy atom. The van der Waals surface area contributed by atoms with Crippen LogP contribution in [0.5, 0.6) is 0 Å². The summed E-state index contributed by atoms with van der Waals surface area (Å²) in [4.78, 5) is 7.95. The number of allylic oxidation sites excluding steroid dienone is 8. The van der Waals surface area contributed by atoms with Gasteiger partial charge in [0.1, 0.15) is 11.6 Å². The summed E-state index contributed by atoms with van der Waals surface area (Å²) >= 11 is 0. The van der Waals surface area contributed by atoms with Crippen molar-refractivity contribution in [2.24, 2.45) is 10.7 Å². The zero-order chi connectivity index (χ0) is 28.1. The maximum atomic E-state index is 5.67. The minimum absolute atomic E-state index is 0.603. The maximum Gasteiger partial charge on any atom is 0.131 e. The van der Waals surface area contributed by atoms with E-state index in [0.717, 1.165) is 41.1 Å². The van der Waals surface area contributed by atoms with Gasteiger partial charge in [0.15, 0.2) is 0 Å². The molecule has 1 heterocycles. The van der Waals surface area contributed by atoms with Crippen molar-refractivity contribution >= 4 is 17.2 Å². The van der Waals surface area contributed by atoms with Gasteiger partial charge in [-0.15, -0.1) is 0 Å². The molecule has 2 aromatic rings. The zero-order valence-corrected chi connectivity index (χ0v) is 24.3. The van der Waals surface area contributed by atoms with Crippen LogP contribution in [0.4, 0.5) is 0 Å². The highest BCUT2D eigenvalue weighted by molar-refractivity contribution is 5.90. The molecule has 1 aromatic carbocycles. The lowest BCUT2D eigenvalue weighted by molar-refractivity contribution is 0.309. The first-order chi connectivity index (χ1) is 17.6. The summed E-state index contributed by atoms with van der Waals surface area (Å²) in [5.41, 5.74) is 15.9. The third-order valence-corrected chi connectivity index (χ3v) is 6.26. The smallest absolute Gasteiger partial charge is 0.131 e. The van der Waals surface area contributed by atoms with Crippen molar-refractivity contribution in [2.45, 2.75) is 61.8 Å². The van der Waals surface area contributed by atoms with Gasteiger partial charge >= 0.3 is 0 Å². The van der Waals surface area contributed by atoms with Crippen LogP contribution in [-0.4, -0.2) is 25.0 Å². The second-order valence-electron chi connectivity index (χ2n) is 8.71. The van der Waals surface area contributed by atoms with Crippen molar-refractivity contribution in [3.8, 4) is 0 Å². The van der Waals surface area contributed by atoms with Gasteiger partial charge in [0.2, 0.25) is 0 Å². The molecule has 2 rings (SSSR count). The van der Waals surface area contributed by atoms with Gasteiger partial charge in [-0.2, -0.15) is 0 Å². The Balaban J connectivity index is 0.00000334. The molecule has 0 aliphatic carbocycles. The van der Waals surface area contributed by atoms with Crippen molar-refractivity contribution in [1.82, 2.24) is 10.3 Å². The Hall–Kier alpha value is -3.73. The van der Waals surface area contributed by atoms with E-state index >= 15 is 0 Å². The van der Waals surface area contributed by atoms with Crippen LogP contribution in [-0.2, 0) is 11.2 Å². The van der Waals surface area contributed by atoms with E-state index in [0.29, 0.717) is 5.76 Å². The highest BCUT2D eigenvalue weighted by Crippen LogP contribution is 2.28. The topological polar surface area (TPSA) is 75.4 Å². The molecule has 0 unspecified atom stereocenters. The first-order valence-electron chi connectivity index (χ1n) is 12.9. The van der Waals surface area contributed by atoms with Crippen LogP contribution in [0.1, 0.15) is 57.0 Å². The number of aromatic amines is 1. The fourth-order valence-electron chi connectivity index (χ4n) is 4.09. The zero-order valence-electron chi connectivity index (χ0n) is 24.3. The molecule has 0 saturated heterocycles. The van der Waals surface area contributed by atoms with Crippen LogP contribution in [0.3, 0.4) is 0 Å². The normalized spacial score (nSPS) is 13.0. The molecule has 4 N–H and O–H groups in total. The number of fused-ring (bicyclic) bond motifs is 1. The number of nitrogens with zero attached hydrogens (tertiary/aromatic N) is 1. The molecule has 5 nitrogen and oxygen atoms in total. The molecule has 0 aliphatic rings. The summed E-state index contributed by atoms with van der Waals surface area (Å²) in [5, 5.41) is 4.79. The van der Waals surface area contributed by atoms with Crippen molar-refractivity contribution < 1.29 is 4.74 Å². The lowest BCUT2D eigenvalue weighted by Crippen LogP contribution is -2.18. The molecule has 37 heavy (non-hydrogen) atoms. The number of aromatic nitrogens is 1. The van der Waals surface area contributed by atoms with Crippen LogP contribution < -0.4 is 11.1 Å². The number of nitrogens with one attached hydrogen (secondary N) is 2. The molecule has 0 amide bonds. The summed E-state index contributed by atoms with van der Waals surface area (Å²) in [6.45, 7) is 25.3. The highest BCUT2D eigenvalue weighted by Gasteiger charge is 2.13. The van der Waals surface area contributed by atoms with E-state index in [4.69, 9.17) is 10.5 Å². The lowest BCUT2D eigenvalue weighted by Gasteiger charge is -2.13. The highest BCUT2D eigenvalue weighted by atomic mass is 16.5. The Labute approximate surface area is 224 Å². The Bertz CT molecular complexity index is 1250. The van der Waals surface area contributed by atoms with Crippen LogP contribution in [0.15, 0.2) is 88.5 Å². The third kappa shape index (κ3) is 8.42. The Morgan fingerprint density at radius 2 is 1.76 bits per heavy atom. The fourth-order valence-corrected chi connectivity index (χ4v) is 4.09. The molecule has 0 fully saturated rings. The summed E-state index contributed by atoms with van der Waals surface area (Å²) in [6.07, 6.45) is 10.1. The first kappa shape index (κ1) is 31.3. The average Bonchev–Trinajstić information content (AvgIpc) is 3.23. The molecule has 0 atom stereocenters. The van der Waals surface area contributed by atoms with Gasteiger partial charge in [-0.05, 0) is 93.0 Å². The predicted molar refractivity (Wildman–Crippen MR) is 163 cm³/mol. The van der Waals surface area contributed by atoms with Gasteiger partial charge in [-0.1, -0.05) is 57.4 Å². The summed E-state index contributed by atoms with van der Waals surface area (Å²) in [6, 6.07) is 4.35. The van der Waals surface area contributed by atoms with E-state index in [9.17, 15) is 0 Å². The second-order valence-corrected chi connectivity index (χ2v) is 8.71. The molecule has 0 bridgehead atoms. The molecular weight excluding hydrogens is 456 g/mol. The van der Waals surface area contributed by atoms with Gasteiger partial charge in [0, 0.05) is 23.1 Å². The van der Waals surface area contributed by atoms with Gasteiger partial charge < -0.3 is 20.8 Å². The molecule has 0 spiro atoms. The number of benzene rings is 1. The monoisotopic (exact) mass is 502 g/mol.